The first-order valence-electron chi connectivity index (χ1n) is 10.3. The minimum absolute atomic E-state index is 0.0364. The van der Waals surface area contributed by atoms with E-state index in [0.717, 1.165) is 37.2 Å². The molecule has 0 fully saturated rings. The maximum atomic E-state index is 13.3. The highest BCUT2D eigenvalue weighted by Crippen LogP contribution is 2.44. The smallest absolute Gasteiger partial charge is 0.257 e. The van der Waals surface area contributed by atoms with Gasteiger partial charge in [0.1, 0.15) is 6.17 Å². The van der Waals surface area contributed by atoms with Gasteiger partial charge >= 0.3 is 0 Å². The lowest BCUT2D eigenvalue weighted by Crippen LogP contribution is -2.51. The number of para-hydroxylation sites is 2. The number of amides is 1. The molecule has 144 valence electrons. The fourth-order valence-corrected chi connectivity index (χ4v) is 4.94. The molecule has 0 saturated heterocycles. The van der Waals surface area contributed by atoms with Gasteiger partial charge in [0, 0.05) is 31.0 Å². The number of fused-ring (bicyclic) bond motifs is 6. The molecule has 0 unspecified atom stereocenters. The molecule has 1 atom stereocenters. The van der Waals surface area contributed by atoms with Crippen molar-refractivity contribution in [3.63, 3.8) is 0 Å². The van der Waals surface area contributed by atoms with Crippen molar-refractivity contribution >= 4 is 22.5 Å². The first-order chi connectivity index (χ1) is 13.6. The standard InChI is InChI=1S/C24H27N3O/c1-16(2)12-14-26-21-11-7-4-8-17(21)18-13-15-27-23(22(18)26)25(3)20-10-6-5-9-19(20)24(27)28/h4-11,16,23H,12-15H2,1-3H3/t23-/m0/s1. The van der Waals surface area contributed by atoms with Crippen molar-refractivity contribution in [1.82, 2.24) is 9.47 Å². The summed E-state index contributed by atoms with van der Waals surface area (Å²) in [5, 5.41) is 1.35. The number of anilines is 1. The van der Waals surface area contributed by atoms with Crippen LogP contribution < -0.4 is 4.90 Å². The number of aryl methyl sites for hydroxylation is 1. The van der Waals surface area contributed by atoms with Crippen LogP contribution >= 0.6 is 0 Å². The third kappa shape index (κ3) is 2.40. The summed E-state index contributed by atoms with van der Waals surface area (Å²) in [7, 11) is 2.13. The van der Waals surface area contributed by atoms with E-state index in [9.17, 15) is 4.79 Å². The van der Waals surface area contributed by atoms with Crippen molar-refractivity contribution in [2.45, 2.75) is 39.4 Å². The largest absolute Gasteiger partial charge is 0.349 e. The molecule has 2 aromatic carbocycles. The maximum Gasteiger partial charge on any atom is 0.257 e. The molecule has 1 aromatic heterocycles. The number of rotatable bonds is 3. The Bertz CT molecular complexity index is 1060. The van der Waals surface area contributed by atoms with E-state index in [1.165, 1.54) is 22.2 Å². The van der Waals surface area contributed by atoms with Gasteiger partial charge in [0.2, 0.25) is 0 Å². The highest BCUT2D eigenvalue weighted by Gasteiger charge is 2.42. The average molecular weight is 374 g/mol. The van der Waals surface area contributed by atoms with Crippen LogP contribution in [0.1, 0.15) is 48.0 Å². The number of hydrogen-bond acceptors (Lipinski definition) is 2. The number of benzene rings is 2. The Morgan fingerprint density at radius 3 is 2.64 bits per heavy atom. The molecule has 3 aromatic rings. The summed E-state index contributed by atoms with van der Waals surface area (Å²) in [6, 6.07) is 16.7. The fourth-order valence-electron chi connectivity index (χ4n) is 4.94. The molecule has 1 amide bonds. The van der Waals surface area contributed by atoms with Gasteiger partial charge in [-0.1, -0.05) is 44.2 Å². The number of carbonyl (C=O) groups is 1. The van der Waals surface area contributed by atoms with Crippen LogP contribution in [-0.4, -0.2) is 29.0 Å². The molecule has 3 heterocycles. The van der Waals surface area contributed by atoms with Crippen LogP contribution in [0.5, 0.6) is 0 Å². The van der Waals surface area contributed by atoms with Gasteiger partial charge in [-0.25, -0.2) is 0 Å². The van der Waals surface area contributed by atoms with Gasteiger partial charge in [0.15, 0.2) is 0 Å². The monoisotopic (exact) mass is 373 g/mol. The van der Waals surface area contributed by atoms with Crippen molar-refractivity contribution in [3.05, 3.63) is 65.4 Å². The Morgan fingerprint density at radius 2 is 1.82 bits per heavy atom. The summed E-state index contributed by atoms with van der Waals surface area (Å²) in [5.41, 5.74) is 5.87. The van der Waals surface area contributed by atoms with E-state index in [1.807, 2.05) is 18.2 Å². The van der Waals surface area contributed by atoms with Crippen LogP contribution in [0.15, 0.2) is 48.5 Å². The Balaban J connectivity index is 1.73. The number of nitrogens with zero attached hydrogens (tertiary/aromatic N) is 3. The zero-order valence-electron chi connectivity index (χ0n) is 16.9. The second-order valence-corrected chi connectivity index (χ2v) is 8.47. The van der Waals surface area contributed by atoms with Crippen molar-refractivity contribution in [1.29, 1.82) is 0 Å². The molecule has 4 nitrogen and oxygen atoms in total. The second kappa shape index (κ2) is 6.40. The summed E-state index contributed by atoms with van der Waals surface area (Å²) in [6.07, 6.45) is 2.01. The fraction of sp³-hybridized carbons (Fsp3) is 0.375. The summed E-state index contributed by atoms with van der Waals surface area (Å²) in [4.78, 5) is 17.6. The molecular weight excluding hydrogens is 346 g/mol. The molecule has 0 saturated carbocycles. The van der Waals surface area contributed by atoms with E-state index < -0.39 is 0 Å². The van der Waals surface area contributed by atoms with Gasteiger partial charge in [0.25, 0.3) is 5.91 Å². The van der Waals surface area contributed by atoms with Crippen molar-refractivity contribution in [2.75, 3.05) is 18.5 Å². The maximum absolute atomic E-state index is 13.3. The number of carbonyl (C=O) groups excluding carboxylic acids is 1. The molecular formula is C24H27N3O. The predicted octanol–water partition coefficient (Wildman–Crippen LogP) is 4.83. The third-order valence-electron chi connectivity index (χ3n) is 6.33. The molecule has 2 aliphatic heterocycles. The summed E-state index contributed by atoms with van der Waals surface area (Å²) >= 11 is 0. The van der Waals surface area contributed by atoms with Gasteiger partial charge in [-0.15, -0.1) is 0 Å². The number of hydrogen-bond donors (Lipinski definition) is 0. The van der Waals surface area contributed by atoms with Crippen LogP contribution in [-0.2, 0) is 13.0 Å². The van der Waals surface area contributed by atoms with E-state index in [1.54, 1.807) is 0 Å². The zero-order valence-corrected chi connectivity index (χ0v) is 16.9. The third-order valence-corrected chi connectivity index (χ3v) is 6.33. The quantitative estimate of drug-likeness (QED) is 0.658. The lowest BCUT2D eigenvalue weighted by Gasteiger charge is -2.46. The van der Waals surface area contributed by atoms with E-state index in [2.05, 4.69) is 65.6 Å². The molecule has 28 heavy (non-hydrogen) atoms. The van der Waals surface area contributed by atoms with Gasteiger partial charge in [0.05, 0.1) is 16.9 Å². The first-order valence-corrected chi connectivity index (χ1v) is 10.3. The van der Waals surface area contributed by atoms with Crippen LogP contribution in [0.25, 0.3) is 10.9 Å². The lowest BCUT2D eigenvalue weighted by molar-refractivity contribution is 0.0629. The highest BCUT2D eigenvalue weighted by atomic mass is 16.2. The van der Waals surface area contributed by atoms with Crippen molar-refractivity contribution in [2.24, 2.45) is 5.92 Å². The van der Waals surface area contributed by atoms with Crippen LogP contribution in [0.4, 0.5) is 5.69 Å². The second-order valence-electron chi connectivity index (χ2n) is 8.47. The molecule has 0 spiro atoms. The minimum Gasteiger partial charge on any atom is -0.349 e. The SMILES string of the molecule is CC(C)CCn1c2c(c3ccccc31)CCN1C(=O)c3ccccc3N(C)[C@H]21. The van der Waals surface area contributed by atoms with Crippen LogP contribution in [0, 0.1) is 5.92 Å². The molecule has 4 heteroatoms. The normalized spacial score (nSPS) is 18.4. The van der Waals surface area contributed by atoms with Gasteiger partial charge in [-0.05, 0) is 42.5 Å². The molecule has 2 aliphatic rings. The molecule has 0 aliphatic carbocycles. The van der Waals surface area contributed by atoms with E-state index >= 15 is 0 Å². The Hall–Kier alpha value is -2.75. The van der Waals surface area contributed by atoms with Crippen molar-refractivity contribution in [3.8, 4) is 0 Å². The Labute approximate surface area is 166 Å². The van der Waals surface area contributed by atoms with E-state index in [-0.39, 0.29) is 12.1 Å². The highest BCUT2D eigenvalue weighted by molar-refractivity contribution is 6.02. The topological polar surface area (TPSA) is 28.5 Å². The van der Waals surface area contributed by atoms with E-state index in [0.29, 0.717) is 5.92 Å². The summed E-state index contributed by atoms with van der Waals surface area (Å²) < 4.78 is 2.49. The molecule has 0 N–H and O–H groups in total. The minimum atomic E-state index is -0.0364. The molecule has 5 rings (SSSR count). The van der Waals surface area contributed by atoms with Crippen LogP contribution in [0.3, 0.4) is 0 Å². The Kier molecular flexibility index (Phi) is 3.97. The van der Waals surface area contributed by atoms with Crippen LogP contribution in [0.2, 0.25) is 0 Å². The molecule has 0 radical (unpaired) electrons. The van der Waals surface area contributed by atoms with Gasteiger partial charge < -0.3 is 14.4 Å². The number of aromatic nitrogens is 1. The molecule has 0 bridgehead atoms. The Morgan fingerprint density at radius 1 is 1.07 bits per heavy atom. The van der Waals surface area contributed by atoms with E-state index in [4.69, 9.17) is 0 Å². The summed E-state index contributed by atoms with van der Waals surface area (Å²) in [6.45, 7) is 6.31. The zero-order chi connectivity index (χ0) is 19.4. The summed E-state index contributed by atoms with van der Waals surface area (Å²) in [5.74, 6) is 0.799. The van der Waals surface area contributed by atoms with Crippen molar-refractivity contribution < 1.29 is 4.79 Å². The lowest BCUT2D eigenvalue weighted by atomic mass is 9.96. The van der Waals surface area contributed by atoms with Gasteiger partial charge in [-0.2, -0.15) is 0 Å². The predicted molar refractivity (Wildman–Crippen MR) is 114 cm³/mol. The first kappa shape index (κ1) is 17.4. The van der Waals surface area contributed by atoms with Gasteiger partial charge in [-0.3, -0.25) is 4.79 Å². The average Bonchev–Trinajstić information content (AvgIpc) is 3.04.